The van der Waals surface area contributed by atoms with Gasteiger partial charge in [-0.15, -0.1) is 0 Å². The van der Waals surface area contributed by atoms with Crippen molar-refractivity contribution < 1.29 is 0 Å². The molecule has 20 heavy (non-hydrogen) atoms. The van der Waals surface area contributed by atoms with Gasteiger partial charge in [0, 0.05) is 0 Å². The summed E-state index contributed by atoms with van der Waals surface area (Å²) in [4.78, 5) is 0. The molecule has 0 N–H and O–H groups in total. The molecule has 0 spiro atoms. The fourth-order valence-corrected chi connectivity index (χ4v) is 7.23. The summed E-state index contributed by atoms with van der Waals surface area (Å²) in [6.45, 7) is 5.10. The average molecular weight is 272 g/mol. The van der Waals surface area contributed by atoms with Gasteiger partial charge in [-0.2, -0.15) is 0 Å². The van der Waals surface area contributed by atoms with E-state index in [-0.39, 0.29) is 0 Å². The van der Waals surface area contributed by atoms with E-state index in [2.05, 4.69) is 26.0 Å². The molecule has 0 nitrogen and oxygen atoms in total. The van der Waals surface area contributed by atoms with Gasteiger partial charge in [0.1, 0.15) is 0 Å². The van der Waals surface area contributed by atoms with Crippen molar-refractivity contribution in [1.82, 2.24) is 0 Å². The van der Waals surface area contributed by atoms with Crippen molar-refractivity contribution in [3.8, 4) is 0 Å². The molecule has 0 aromatic rings. The van der Waals surface area contributed by atoms with Crippen molar-refractivity contribution in [2.24, 2.45) is 34.5 Å². The molecule has 0 bridgehead atoms. The summed E-state index contributed by atoms with van der Waals surface area (Å²) in [6, 6.07) is 0. The first-order valence-corrected chi connectivity index (χ1v) is 9.37. The SMILES string of the molecule is CC[C@@]12CCC[C@H]1[C@@H]1CC[C@H]3CCC=C[C@]3(C)[C@H]1CC2. The molecule has 0 radical (unpaired) electrons. The van der Waals surface area contributed by atoms with Crippen LogP contribution in [0.2, 0.25) is 0 Å². The zero-order valence-electron chi connectivity index (χ0n) is 13.5. The van der Waals surface area contributed by atoms with Gasteiger partial charge >= 0.3 is 0 Å². The van der Waals surface area contributed by atoms with E-state index in [1.54, 1.807) is 25.7 Å². The van der Waals surface area contributed by atoms with Crippen molar-refractivity contribution in [2.45, 2.75) is 78.1 Å². The molecule has 0 aliphatic heterocycles. The van der Waals surface area contributed by atoms with E-state index in [9.17, 15) is 0 Å². The molecule has 6 atom stereocenters. The van der Waals surface area contributed by atoms with Gasteiger partial charge in [0.2, 0.25) is 0 Å². The molecule has 0 amide bonds. The Bertz CT molecular complexity index is 408. The zero-order chi connectivity index (χ0) is 13.8. The van der Waals surface area contributed by atoms with Crippen molar-refractivity contribution in [1.29, 1.82) is 0 Å². The lowest BCUT2D eigenvalue weighted by molar-refractivity contribution is -0.0749. The summed E-state index contributed by atoms with van der Waals surface area (Å²) in [7, 11) is 0. The van der Waals surface area contributed by atoms with E-state index in [1.807, 2.05) is 0 Å². The molecule has 3 fully saturated rings. The molecular formula is C20H32. The van der Waals surface area contributed by atoms with E-state index >= 15 is 0 Å². The number of hydrogen-bond acceptors (Lipinski definition) is 0. The van der Waals surface area contributed by atoms with Crippen LogP contribution in [0, 0.1) is 34.5 Å². The third-order valence-corrected chi connectivity index (χ3v) is 8.35. The van der Waals surface area contributed by atoms with E-state index in [0.717, 1.165) is 29.1 Å². The Hall–Kier alpha value is -0.260. The number of allylic oxidation sites excluding steroid dienone is 2. The minimum absolute atomic E-state index is 0.559. The van der Waals surface area contributed by atoms with Crippen LogP contribution in [0.25, 0.3) is 0 Å². The summed E-state index contributed by atoms with van der Waals surface area (Å²) < 4.78 is 0. The van der Waals surface area contributed by atoms with Crippen LogP contribution in [0.5, 0.6) is 0 Å². The van der Waals surface area contributed by atoms with Crippen LogP contribution in [0.1, 0.15) is 78.1 Å². The van der Waals surface area contributed by atoms with Crippen LogP contribution in [-0.2, 0) is 0 Å². The molecule has 4 rings (SSSR count). The maximum absolute atomic E-state index is 2.66. The summed E-state index contributed by atoms with van der Waals surface area (Å²) in [5.41, 5.74) is 1.33. The molecule has 0 unspecified atom stereocenters. The molecule has 0 heteroatoms. The van der Waals surface area contributed by atoms with Crippen LogP contribution in [0.3, 0.4) is 0 Å². The molecule has 4 aliphatic rings. The van der Waals surface area contributed by atoms with Gasteiger partial charge in [-0.1, -0.05) is 38.8 Å². The minimum atomic E-state index is 0.559. The lowest BCUT2D eigenvalue weighted by Gasteiger charge is -2.59. The molecule has 0 aromatic heterocycles. The fraction of sp³-hybridized carbons (Fsp3) is 0.900. The number of hydrogen-bond donors (Lipinski definition) is 0. The van der Waals surface area contributed by atoms with Crippen molar-refractivity contribution in [3.05, 3.63) is 12.2 Å². The van der Waals surface area contributed by atoms with Gasteiger partial charge in [0.15, 0.2) is 0 Å². The van der Waals surface area contributed by atoms with Crippen LogP contribution in [0.4, 0.5) is 0 Å². The first-order valence-electron chi connectivity index (χ1n) is 9.37. The van der Waals surface area contributed by atoms with Crippen LogP contribution in [0.15, 0.2) is 12.2 Å². The average Bonchev–Trinajstić information content (AvgIpc) is 2.91. The van der Waals surface area contributed by atoms with Gasteiger partial charge in [-0.25, -0.2) is 0 Å². The highest BCUT2D eigenvalue weighted by atomic mass is 14.6. The first kappa shape index (κ1) is 13.4. The molecule has 0 heterocycles. The quantitative estimate of drug-likeness (QED) is 0.515. The predicted octanol–water partition coefficient (Wildman–Crippen LogP) is 5.98. The highest BCUT2D eigenvalue weighted by molar-refractivity contribution is 5.14. The monoisotopic (exact) mass is 272 g/mol. The second-order valence-electron chi connectivity index (χ2n) is 8.64. The smallest absolute Gasteiger partial charge is 0.00872 e. The van der Waals surface area contributed by atoms with Crippen molar-refractivity contribution in [2.75, 3.05) is 0 Å². The van der Waals surface area contributed by atoms with E-state index in [4.69, 9.17) is 0 Å². The summed E-state index contributed by atoms with van der Waals surface area (Å²) in [5, 5.41) is 0. The molecule has 0 saturated heterocycles. The van der Waals surface area contributed by atoms with Crippen LogP contribution in [-0.4, -0.2) is 0 Å². The van der Waals surface area contributed by atoms with E-state index in [1.165, 1.54) is 38.5 Å². The van der Waals surface area contributed by atoms with Gasteiger partial charge in [-0.05, 0) is 85.9 Å². The standard InChI is InChI=1S/C20H32/c1-3-20-13-6-8-18(20)16-10-9-15-7-4-5-12-19(15,2)17(16)11-14-20/h5,12,15-18H,3-4,6-11,13-14H2,1-2H3/t15-,16-,17+,18+,19+,20+/m1/s1. The van der Waals surface area contributed by atoms with Gasteiger partial charge in [0.05, 0.1) is 0 Å². The number of fused-ring (bicyclic) bond motifs is 5. The lowest BCUT2D eigenvalue weighted by atomic mass is 9.46. The Kier molecular flexibility index (Phi) is 3.09. The highest BCUT2D eigenvalue weighted by Gasteiger charge is 2.57. The van der Waals surface area contributed by atoms with Crippen molar-refractivity contribution >= 4 is 0 Å². The predicted molar refractivity (Wildman–Crippen MR) is 85.5 cm³/mol. The third-order valence-electron chi connectivity index (χ3n) is 8.35. The van der Waals surface area contributed by atoms with Gasteiger partial charge < -0.3 is 0 Å². The second-order valence-corrected chi connectivity index (χ2v) is 8.64. The summed E-state index contributed by atoms with van der Waals surface area (Å²) in [5.74, 6) is 4.17. The Balaban J connectivity index is 1.67. The second kappa shape index (κ2) is 4.62. The van der Waals surface area contributed by atoms with Crippen LogP contribution >= 0.6 is 0 Å². The Morgan fingerprint density at radius 1 is 1.00 bits per heavy atom. The Morgan fingerprint density at radius 2 is 1.90 bits per heavy atom. The maximum atomic E-state index is 2.66. The van der Waals surface area contributed by atoms with Gasteiger partial charge in [0.25, 0.3) is 0 Å². The minimum Gasteiger partial charge on any atom is -0.0880 e. The normalized spacial score (nSPS) is 54.1. The molecule has 112 valence electrons. The molecule has 4 aliphatic carbocycles. The van der Waals surface area contributed by atoms with Crippen LogP contribution < -0.4 is 0 Å². The molecule has 3 saturated carbocycles. The Morgan fingerprint density at radius 3 is 2.75 bits per heavy atom. The van der Waals surface area contributed by atoms with E-state index < -0.39 is 0 Å². The van der Waals surface area contributed by atoms with Gasteiger partial charge in [-0.3, -0.25) is 0 Å². The van der Waals surface area contributed by atoms with E-state index in [0.29, 0.717) is 5.41 Å². The summed E-state index contributed by atoms with van der Waals surface area (Å²) >= 11 is 0. The Labute approximate surface area is 125 Å². The molecular weight excluding hydrogens is 240 g/mol. The maximum Gasteiger partial charge on any atom is -0.00872 e. The third kappa shape index (κ3) is 1.66. The summed E-state index contributed by atoms with van der Waals surface area (Å²) in [6.07, 6.45) is 20.2. The molecule has 0 aromatic carbocycles. The first-order chi connectivity index (χ1) is 9.70. The zero-order valence-corrected chi connectivity index (χ0v) is 13.5. The topological polar surface area (TPSA) is 0 Å². The highest BCUT2D eigenvalue weighted by Crippen LogP contribution is 2.66. The lowest BCUT2D eigenvalue weighted by Crippen LogP contribution is -2.51. The largest absolute Gasteiger partial charge is 0.0880 e. The number of rotatable bonds is 1. The van der Waals surface area contributed by atoms with Crippen molar-refractivity contribution in [3.63, 3.8) is 0 Å². The fourth-order valence-electron chi connectivity index (χ4n) is 7.23.